The first-order valence-electron chi connectivity index (χ1n) is 9.85. The van der Waals surface area contributed by atoms with Gasteiger partial charge in [-0.05, 0) is 54.0 Å². The molecule has 0 spiro atoms. The van der Waals surface area contributed by atoms with Gasteiger partial charge in [-0.25, -0.2) is 4.79 Å². The Morgan fingerprint density at radius 2 is 1.97 bits per heavy atom. The number of quaternary nitrogens is 1. The van der Waals surface area contributed by atoms with E-state index in [2.05, 4.69) is 29.1 Å². The average Bonchev–Trinajstić information content (AvgIpc) is 3.33. The molecule has 1 N–H and O–H groups in total. The van der Waals surface area contributed by atoms with E-state index < -0.39 is 5.97 Å². The number of nitrogens with zero attached hydrogens (tertiary/aromatic N) is 1. The smallest absolute Gasteiger partial charge is 0.350 e. The summed E-state index contributed by atoms with van der Waals surface area (Å²) in [5.74, 6) is -0.395. The number of aryl methyl sites for hydroxylation is 1. The summed E-state index contributed by atoms with van der Waals surface area (Å²) in [6.45, 7) is 6.94. The van der Waals surface area contributed by atoms with Crippen LogP contribution in [0.25, 0.3) is 0 Å². The topological polar surface area (TPSA) is 55.4 Å². The van der Waals surface area contributed by atoms with Crippen LogP contribution in [0.5, 0.6) is 0 Å². The van der Waals surface area contributed by atoms with E-state index in [-0.39, 0.29) is 44.7 Å². The van der Waals surface area contributed by atoms with Crippen LogP contribution in [0, 0.1) is 6.92 Å². The second-order valence-electron chi connectivity index (χ2n) is 7.54. The quantitative estimate of drug-likeness (QED) is 0.429. The third-order valence-corrected chi connectivity index (χ3v) is 7.54. The first-order valence-corrected chi connectivity index (χ1v) is 11.7. The van der Waals surface area contributed by atoms with Crippen molar-refractivity contribution in [3.8, 4) is 0 Å². The first kappa shape index (κ1) is 24.7. The molecule has 3 rings (SSSR count). The molecule has 1 aliphatic rings. The van der Waals surface area contributed by atoms with Crippen LogP contribution >= 0.6 is 22.7 Å². The van der Waals surface area contributed by atoms with Gasteiger partial charge in [-0.15, -0.1) is 11.3 Å². The number of thiophene rings is 2. The maximum Gasteiger partial charge on any atom is 0.350 e. The van der Waals surface area contributed by atoms with Gasteiger partial charge in [-0.1, -0.05) is 6.92 Å². The summed E-state index contributed by atoms with van der Waals surface area (Å²) in [5, 5.41) is 9.27. The number of carbonyl (C=O) groups is 2. The second kappa shape index (κ2) is 11.1. The van der Waals surface area contributed by atoms with Gasteiger partial charge in [-0.2, -0.15) is 11.3 Å². The summed E-state index contributed by atoms with van der Waals surface area (Å²) in [5.41, 5.74) is 2.81. The zero-order chi connectivity index (χ0) is 20.1. The first-order chi connectivity index (χ1) is 13.5. The van der Waals surface area contributed by atoms with Gasteiger partial charge in [0.2, 0.25) is 0 Å². The number of rotatable bonds is 7. The fourth-order valence-electron chi connectivity index (χ4n) is 4.34. The molecule has 2 aromatic rings. The monoisotopic (exact) mass is 510 g/mol. The predicted octanol–water partition coefficient (Wildman–Crippen LogP) is 4.82. The van der Waals surface area contributed by atoms with Crippen LogP contribution in [0.1, 0.15) is 53.4 Å². The van der Waals surface area contributed by atoms with Crippen molar-refractivity contribution >= 4 is 40.2 Å². The summed E-state index contributed by atoms with van der Waals surface area (Å²) >= 11 is 3.02. The van der Waals surface area contributed by atoms with Crippen molar-refractivity contribution in [3.05, 3.63) is 38.2 Å². The normalized spacial score (nSPS) is 16.5. The summed E-state index contributed by atoms with van der Waals surface area (Å²) in [6.07, 6.45) is 4.31. The molecule has 1 atom stereocenters. The van der Waals surface area contributed by atoms with Crippen LogP contribution in [0.4, 0.5) is 5.69 Å². The number of carbonyl (C=O) groups excluding carboxylic acids is 2. The van der Waals surface area contributed by atoms with Gasteiger partial charge < -0.3 is 14.5 Å². The average molecular weight is 511 g/mol. The van der Waals surface area contributed by atoms with E-state index >= 15 is 0 Å². The molecule has 0 bridgehead atoms. The zero-order valence-corrected chi connectivity index (χ0v) is 21.9. The molecule has 8 heteroatoms. The Hall–Kier alpha value is -0.596. The van der Waals surface area contributed by atoms with Gasteiger partial charge in [-0.3, -0.25) is 4.79 Å². The summed E-state index contributed by atoms with van der Waals surface area (Å²) < 4.78 is 5.68. The Morgan fingerprint density at radius 3 is 2.55 bits per heavy atom. The van der Waals surface area contributed by atoms with Crippen LogP contribution in [-0.2, 0) is 48.8 Å². The number of hydrogen-bond acceptors (Lipinski definition) is 5. The van der Waals surface area contributed by atoms with Gasteiger partial charge >= 0.3 is 5.97 Å². The number of amides is 1. The molecule has 5 nitrogen and oxygen atoms in total. The van der Waals surface area contributed by atoms with E-state index in [0.717, 1.165) is 48.9 Å². The van der Waals surface area contributed by atoms with Crippen LogP contribution in [0.2, 0.25) is 0 Å². The number of anilines is 1. The summed E-state index contributed by atoms with van der Waals surface area (Å²) in [6, 6.07) is 2.03. The molecule has 1 fully saturated rings. The Bertz CT molecular complexity index is 814. The number of hydrogen-bond donors (Lipinski definition) is 1. The third-order valence-electron chi connectivity index (χ3n) is 5.73. The Morgan fingerprint density at radius 1 is 1.24 bits per heavy atom. The molecular weight excluding hydrogens is 481 g/mol. The molecule has 3 heterocycles. The van der Waals surface area contributed by atoms with Gasteiger partial charge in [0.15, 0.2) is 6.04 Å². The van der Waals surface area contributed by atoms with E-state index in [0.29, 0.717) is 10.6 Å². The van der Waals surface area contributed by atoms with Crippen LogP contribution in [0.3, 0.4) is 0 Å². The molecule has 1 unspecified atom stereocenters. The van der Waals surface area contributed by atoms with Gasteiger partial charge in [0.25, 0.3) is 5.91 Å². The summed E-state index contributed by atoms with van der Waals surface area (Å²) in [4.78, 5) is 26.0. The van der Waals surface area contributed by atoms with Crippen molar-refractivity contribution in [2.45, 2.75) is 52.1 Å². The Kier molecular flexibility index (Phi) is 9.48. The molecule has 155 valence electrons. The van der Waals surface area contributed by atoms with Crippen molar-refractivity contribution < 1.29 is 51.5 Å². The largest absolute Gasteiger partial charge is 0.465 e. The van der Waals surface area contributed by atoms with E-state index in [1.807, 2.05) is 12.3 Å². The minimum absolute atomic E-state index is 0. The number of piperidine rings is 1. The van der Waals surface area contributed by atoms with E-state index in [9.17, 15) is 9.59 Å². The van der Waals surface area contributed by atoms with Crippen LogP contribution < -0.4 is 5.32 Å². The minimum atomic E-state index is -0.401. The van der Waals surface area contributed by atoms with Crippen LogP contribution in [-0.4, -0.2) is 42.6 Å². The maximum atomic E-state index is 13.4. The maximum absolute atomic E-state index is 13.4. The number of nitrogens with one attached hydrogen (secondary N) is 1. The Balaban J connectivity index is 0.00000300. The van der Waals surface area contributed by atoms with Crippen molar-refractivity contribution in [1.82, 2.24) is 0 Å². The Labute approximate surface area is 206 Å². The predicted molar refractivity (Wildman–Crippen MR) is 115 cm³/mol. The fraction of sp³-hybridized carbons (Fsp3) is 0.524. The molecule has 1 amide bonds. The minimum Gasteiger partial charge on any atom is -0.465 e. The number of esters is 1. The molecule has 1 saturated heterocycles. The molecule has 1 aliphatic heterocycles. The zero-order valence-electron chi connectivity index (χ0n) is 17.4. The van der Waals surface area contributed by atoms with Crippen molar-refractivity contribution in [2.75, 3.05) is 25.5 Å². The third kappa shape index (κ3) is 5.56. The van der Waals surface area contributed by atoms with Gasteiger partial charge in [0.05, 0.1) is 25.9 Å². The second-order valence-corrected chi connectivity index (χ2v) is 9.20. The molecule has 0 aliphatic carbocycles. The van der Waals surface area contributed by atoms with Gasteiger partial charge in [0.1, 0.15) is 11.4 Å². The van der Waals surface area contributed by atoms with E-state index in [1.54, 1.807) is 11.3 Å². The van der Waals surface area contributed by atoms with Crippen LogP contribution in [0.15, 0.2) is 22.2 Å². The molecule has 2 aromatic heterocycles. The SMILES string of the molecule is CCC(C(=O)Nc1c(C)csc1C(=O)OC)[N+]1(Cc2ccsc2)CCCCC1.[Y]. The van der Waals surface area contributed by atoms with Crippen molar-refractivity contribution in [3.63, 3.8) is 0 Å². The van der Waals surface area contributed by atoms with Crippen molar-refractivity contribution in [1.29, 1.82) is 0 Å². The standard InChI is InChI=1S/C21H28N2O3S2.Y/c1-4-17(20(24)22-18-15(2)13-28-19(18)21(25)26-3)23(9-6-5-7-10-23)12-16-8-11-27-14-16;/h8,11,13-14,17H,4-7,9-10,12H2,1-3H3;/p+1. The molecule has 29 heavy (non-hydrogen) atoms. The fourth-order valence-corrected chi connectivity index (χ4v) is 5.92. The van der Waals surface area contributed by atoms with E-state index in [4.69, 9.17) is 4.74 Å². The van der Waals surface area contributed by atoms with Gasteiger partial charge in [0, 0.05) is 44.7 Å². The summed E-state index contributed by atoms with van der Waals surface area (Å²) in [7, 11) is 1.37. The number of ether oxygens (including phenoxy) is 1. The molecular formula is C21H29N2O3S2Y+. The molecule has 0 saturated carbocycles. The number of likely N-dealkylation sites (tertiary alicyclic amines) is 1. The van der Waals surface area contributed by atoms with Crippen molar-refractivity contribution in [2.24, 2.45) is 0 Å². The molecule has 0 aromatic carbocycles. The number of methoxy groups -OCH3 is 1. The molecule has 1 radical (unpaired) electrons. The van der Waals surface area contributed by atoms with E-state index in [1.165, 1.54) is 30.4 Å².